The summed E-state index contributed by atoms with van der Waals surface area (Å²) in [5.74, 6) is 0. The molecule has 0 amide bonds. The SMILES string of the molecule is CCOC(OCC)c1cc2cnc(Cl)nc2n1C1(CC)CCC(OC)CC1. The van der Waals surface area contributed by atoms with E-state index in [4.69, 9.17) is 25.8 Å². The van der Waals surface area contributed by atoms with E-state index in [0.717, 1.165) is 48.8 Å². The normalized spacial score (nSPS) is 23.4. The lowest BCUT2D eigenvalue weighted by atomic mass is 9.78. The van der Waals surface area contributed by atoms with Gasteiger partial charge in [-0.2, -0.15) is 4.98 Å². The van der Waals surface area contributed by atoms with Crippen LogP contribution in [0.5, 0.6) is 0 Å². The van der Waals surface area contributed by atoms with Gasteiger partial charge in [-0.05, 0) is 63.6 Å². The summed E-state index contributed by atoms with van der Waals surface area (Å²) in [6.07, 6.45) is 6.75. The fourth-order valence-electron chi connectivity index (χ4n) is 4.28. The van der Waals surface area contributed by atoms with Crippen molar-refractivity contribution < 1.29 is 14.2 Å². The van der Waals surface area contributed by atoms with Crippen molar-refractivity contribution in [2.45, 2.75) is 70.8 Å². The van der Waals surface area contributed by atoms with Gasteiger partial charge in [0.1, 0.15) is 5.65 Å². The molecule has 0 radical (unpaired) electrons. The van der Waals surface area contributed by atoms with Gasteiger partial charge in [-0.1, -0.05) is 6.92 Å². The van der Waals surface area contributed by atoms with E-state index in [0.29, 0.717) is 19.3 Å². The highest BCUT2D eigenvalue weighted by Crippen LogP contribution is 2.43. The average Bonchev–Trinajstić information content (AvgIpc) is 3.07. The Bertz CT molecular complexity index is 750. The molecule has 1 aliphatic rings. The number of hydrogen-bond donors (Lipinski definition) is 0. The summed E-state index contributed by atoms with van der Waals surface area (Å²) < 4.78 is 19.8. The minimum Gasteiger partial charge on any atom is -0.381 e. The second-order valence-electron chi connectivity index (χ2n) is 7.08. The zero-order valence-electron chi connectivity index (χ0n) is 16.7. The second-order valence-corrected chi connectivity index (χ2v) is 7.42. The van der Waals surface area contributed by atoms with Gasteiger partial charge in [0.2, 0.25) is 5.28 Å². The standard InChI is InChI=1S/C20H30ClN3O3/c1-5-20(10-8-15(25-4)9-11-20)24-16(18(26-6-2)27-7-3)12-14-13-22-19(21)23-17(14)24/h12-13,15,18H,5-11H2,1-4H3. The minimum atomic E-state index is -0.434. The van der Waals surface area contributed by atoms with Gasteiger partial charge in [-0.3, -0.25) is 0 Å². The summed E-state index contributed by atoms with van der Waals surface area (Å²) in [4.78, 5) is 8.75. The molecule has 6 nitrogen and oxygen atoms in total. The van der Waals surface area contributed by atoms with Crippen LogP contribution in [0.2, 0.25) is 5.28 Å². The van der Waals surface area contributed by atoms with Gasteiger partial charge < -0.3 is 18.8 Å². The molecule has 0 aliphatic heterocycles. The summed E-state index contributed by atoms with van der Waals surface area (Å²) in [6.45, 7) is 7.35. The van der Waals surface area contributed by atoms with Crippen molar-refractivity contribution in [2.24, 2.45) is 0 Å². The third kappa shape index (κ3) is 3.99. The van der Waals surface area contributed by atoms with Crippen molar-refractivity contribution in [1.29, 1.82) is 0 Å². The van der Waals surface area contributed by atoms with Gasteiger partial charge in [0.05, 0.1) is 11.8 Å². The first-order valence-electron chi connectivity index (χ1n) is 9.88. The van der Waals surface area contributed by atoms with Crippen LogP contribution in [0.4, 0.5) is 0 Å². The van der Waals surface area contributed by atoms with Gasteiger partial charge in [0, 0.05) is 37.4 Å². The Morgan fingerprint density at radius 1 is 1.22 bits per heavy atom. The Kier molecular flexibility index (Phi) is 6.74. The van der Waals surface area contributed by atoms with Gasteiger partial charge >= 0.3 is 0 Å². The monoisotopic (exact) mass is 395 g/mol. The fourth-order valence-corrected chi connectivity index (χ4v) is 4.41. The summed E-state index contributed by atoms with van der Waals surface area (Å²) in [7, 11) is 1.80. The summed E-state index contributed by atoms with van der Waals surface area (Å²) in [5.41, 5.74) is 1.78. The first-order valence-corrected chi connectivity index (χ1v) is 10.3. The predicted molar refractivity (Wildman–Crippen MR) is 106 cm³/mol. The van der Waals surface area contributed by atoms with E-state index in [1.807, 2.05) is 13.8 Å². The van der Waals surface area contributed by atoms with Crippen LogP contribution in [0.15, 0.2) is 12.3 Å². The molecule has 3 rings (SSSR count). The summed E-state index contributed by atoms with van der Waals surface area (Å²) >= 11 is 6.16. The molecule has 0 atom stereocenters. The number of halogens is 1. The molecule has 0 N–H and O–H groups in total. The van der Waals surface area contributed by atoms with Gasteiger partial charge in [0.15, 0.2) is 6.29 Å². The summed E-state index contributed by atoms with van der Waals surface area (Å²) in [6, 6.07) is 2.08. The molecule has 1 fully saturated rings. The third-order valence-corrected chi connectivity index (χ3v) is 5.93. The van der Waals surface area contributed by atoms with Gasteiger partial charge in [-0.15, -0.1) is 0 Å². The number of rotatable bonds is 8. The predicted octanol–water partition coefficient (Wildman–Crippen LogP) is 4.85. The van der Waals surface area contributed by atoms with Crippen molar-refractivity contribution in [2.75, 3.05) is 20.3 Å². The van der Waals surface area contributed by atoms with E-state index in [1.165, 1.54) is 0 Å². The van der Waals surface area contributed by atoms with E-state index >= 15 is 0 Å². The van der Waals surface area contributed by atoms with Crippen LogP contribution in [-0.4, -0.2) is 41.0 Å². The van der Waals surface area contributed by atoms with Crippen LogP contribution in [-0.2, 0) is 19.7 Å². The third-order valence-electron chi connectivity index (χ3n) is 5.75. The van der Waals surface area contributed by atoms with Crippen LogP contribution in [0.25, 0.3) is 11.0 Å². The molecular formula is C20H30ClN3O3. The van der Waals surface area contributed by atoms with Gasteiger partial charge in [-0.25, -0.2) is 4.98 Å². The highest BCUT2D eigenvalue weighted by Gasteiger charge is 2.39. The molecule has 27 heavy (non-hydrogen) atoms. The largest absolute Gasteiger partial charge is 0.381 e. The molecule has 1 aliphatic carbocycles. The molecule has 2 aromatic rings. The number of ether oxygens (including phenoxy) is 3. The molecule has 2 heterocycles. The molecular weight excluding hydrogens is 366 g/mol. The zero-order chi connectivity index (χ0) is 19.4. The number of nitrogens with zero attached hydrogens (tertiary/aromatic N) is 3. The Morgan fingerprint density at radius 2 is 1.89 bits per heavy atom. The second kappa shape index (κ2) is 8.86. The highest BCUT2D eigenvalue weighted by molar-refractivity contribution is 6.28. The molecule has 0 saturated heterocycles. The molecule has 7 heteroatoms. The van der Waals surface area contributed by atoms with E-state index in [9.17, 15) is 0 Å². The maximum absolute atomic E-state index is 6.16. The van der Waals surface area contributed by atoms with E-state index in [2.05, 4.69) is 27.5 Å². The molecule has 0 bridgehead atoms. The fraction of sp³-hybridized carbons (Fsp3) is 0.700. The lowest BCUT2D eigenvalue weighted by molar-refractivity contribution is -0.146. The number of aromatic nitrogens is 3. The smallest absolute Gasteiger partial charge is 0.224 e. The van der Waals surface area contributed by atoms with E-state index in [-0.39, 0.29) is 10.8 Å². The minimum absolute atomic E-state index is 0.0593. The number of hydrogen-bond acceptors (Lipinski definition) is 5. The lowest BCUT2D eigenvalue weighted by Crippen LogP contribution is -2.40. The number of fused-ring (bicyclic) bond motifs is 1. The molecule has 150 valence electrons. The van der Waals surface area contributed by atoms with Crippen molar-refractivity contribution in [3.05, 3.63) is 23.2 Å². The highest BCUT2D eigenvalue weighted by atomic mass is 35.5. The maximum atomic E-state index is 6.16. The first kappa shape index (κ1) is 20.5. The van der Waals surface area contributed by atoms with Crippen LogP contribution in [0.1, 0.15) is 64.9 Å². The van der Waals surface area contributed by atoms with Crippen LogP contribution >= 0.6 is 11.6 Å². The van der Waals surface area contributed by atoms with E-state index in [1.54, 1.807) is 13.3 Å². The Balaban J connectivity index is 2.15. The van der Waals surface area contributed by atoms with Crippen molar-refractivity contribution in [3.8, 4) is 0 Å². The van der Waals surface area contributed by atoms with Crippen LogP contribution < -0.4 is 0 Å². The quantitative estimate of drug-likeness (QED) is 0.472. The average molecular weight is 396 g/mol. The Morgan fingerprint density at radius 3 is 2.44 bits per heavy atom. The topological polar surface area (TPSA) is 58.4 Å². The van der Waals surface area contributed by atoms with Gasteiger partial charge in [0.25, 0.3) is 0 Å². The Hall–Kier alpha value is -1.21. The molecule has 0 unspecified atom stereocenters. The molecule has 0 spiro atoms. The molecule has 2 aromatic heterocycles. The Labute approximate surface area is 166 Å². The lowest BCUT2D eigenvalue weighted by Gasteiger charge is -2.42. The van der Waals surface area contributed by atoms with Crippen molar-refractivity contribution in [1.82, 2.24) is 14.5 Å². The van der Waals surface area contributed by atoms with Crippen LogP contribution in [0.3, 0.4) is 0 Å². The maximum Gasteiger partial charge on any atom is 0.224 e. The first-order chi connectivity index (χ1) is 13.1. The van der Waals surface area contributed by atoms with Crippen molar-refractivity contribution in [3.63, 3.8) is 0 Å². The zero-order valence-corrected chi connectivity index (χ0v) is 17.5. The van der Waals surface area contributed by atoms with Crippen molar-refractivity contribution >= 4 is 22.6 Å². The van der Waals surface area contributed by atoms with Crippen LogP contribution in [0, 0.1) is 0 Å². The molecule has 1 saturated carbocycles. The molecule has 0 aromatic carbocycles. The summed E-state index contributed by atoms with van der Waals surface area (Å²) in [5, 5.41) is 1.22. The van der Waals surface area contributed by atoms with E-state index < -0.39 is 6.29 Å². The number of methoxy groups -OCH3 is 1.